The third kappa shape index (κ3) is 2.17. The number of aromatic amines is 1. The Bertz CT molecular complexity index is 469. The number of H-pyrrole nitrogens is 1. The van der Waals surface area contributed by atoms with Crippen LogP contribution < -0.4 is 5.32 Å². The number of hydrogen-bond donors (Lipinski definition) is 2. The predicted octanol–water partition coefficient (Wildman–Crippen LogP) is 1.44. The van der Waals surface area contributed by atoms with Crippen LogP contribution in [0.1, 0.15) is 13.8 Å². The molecule has 2 aromatic rings. The SMILES string of the molecule is CNC(C)C(C)Sc1ncnc2nc[nH]c12. The van der Waals surface area contributed by atoms with E-state index in [0.29, 0.717) is 11.3 Å². The van der Waals surface area contributed by atoms with E-state index in [1.807, 2.05) is 7.05 Å². The molecule has 0 bridgehead atoms. The van der Waals surface area contributed by atoms with Crippen molar-refractivity contribution in [2.75, 3.05) is 7.05 Å². The molecule has 2 aromatic heterocycles. The summed E-state index contributed by atoms with van der Waals surface area (Å²) in [6.45, 7) is 4.33. The second-order valence-electron chi connectivity index (χ2n) is 3.68. The van der Waals surface area contributed by atoms with E-state index < -0.39 is 0 Å². The minimum Gasteiger partial charge on any atom is -0.341 e. The summed E-state index contributed by atoms with van der Waals surface area (Å²) in [7, 11) is 1.97. The molecule has 0 saturated heterocycles. The first-order chi connectivity index (χ1) is 7.72. The molecule has 2 unspecified atom stereocenters. The topological polar surface area (TPSA) is 66.5 Å². The molecular weight excluding hydrogens is 222 g/mol. The molecule has 0 aliphatic carbocycles. The fourth-order valence-electron chi connectivity index (χ4n) is 1.35. The molecule has 2 N–H and O–H groups in total. The first-order valence-electron chi connectivity index (χ1n) is 5.20. The summed E-state index contributed by atoms with van der Waals surface area (Å²) in [4.78, 5) is 15.6. The molecule has 0 aliphatic rings. The van der Waals surface area contributed by atoms with Gasteiger partial charge in [0, 0.05) is 11.3 Å². The summed E-state index contributed by atoms with van der Waals surface area (Å²) in [6.07, 6.45) is 3.21. The molecule has 0 aromatic carbocycles. The molecule has 2 rings (SSSR count). The minimum absolute atomic E-state index is 0.429. The van der Waals surface area contributed by atoms with Crippen molar-refractivity contribution in [1.29, 1.82) is 0 Å². The van der Waals surface area contributed by atoms with Crippen molar-refractivity contribution in [3.05, 3.63) is 12.7 Å². The Kier molecular flexibility index (Phi) is 3.40. The first kappa shape index (κ1) is 11.3. The maximum absolute atomic E-state index is 4.29. The largest absolute Gasteiger partial charge is 0.341 e. The Morgan fingerprint density at radius 2 is 2.12 bits per heavy atom. The maximum atomic E-state index is 4.29. The standard InChI is InChI=1S/C10H15N5S/c1-6(11-3)7(2)16-10-8-9(13-4-12-8)14-5-15-10/h4-7,11H,1-3H3,(H,12,13,14,15). The van der Waals surface area contributed by atoms with Gasteiger partial charge < -0.3 is 10.3 Å². The molecule has 16 heavy (non-hydrogen) atoms. The van der Waals surface area contributed by atoms with Gasteiger partial charge in [0.25, 0.3) is 0 Å². The molecule has 0 aliphatic heterocycles. The molecule has 2 heterocycles. The summed E-state index contributed by atoms with van der Waals surface area (Å²) in [5.74, 6) is 0. The third-order valence-corrected chi connectivity index (χ3v) is 3.96. The van der Waals surface area contributed by atoms with Crippen LogP contribution in [0.4, 0.5) is 0 Å². The zero-order chi connectivity index (χ0) is 11.5. The van der Waals surface area contributed by atoms with E-state index in [1.54, 1.807) is 24.4 Å². The van der Waals surface area contributed by atoms with Gasteiger partial charge in [0.2, 0.25) is 0 Å². The van der Waals surface area contributed by atoms with E-state index in [4.69, 9.17) is 0 Å². The predicted molar refractivity (Wildman–Crippen MR) is 65.5 cm³/mol. The van der Waals surface area contributed by atoms with Crippen molar-refractivity contribution in [3.63, 3.8) is 0 Å². The monoisotopic (exact) mass is 237 g/mol. The summed E-state index contributed by atoms with van der Waals surface area (Å²) in [5.41, 5.74) is 1.64. The Labute approximate surface area is 98.5 Å². The molecule has 0 spiro atoms. The quantitative estimate of drug-likeness (QED) is 0.622. The van der Waals surface area contributed by atoms with Crippen LogP contribution in [-0.2, 0) is 0 Å². The van der Waals surface area contributed by atoms with E-state index in [2.05, 4.69) is 39.1 Å². The lowest BCUT2D eigenvalue weighted by atomic mass is 10.3. The van der Waals surface area contributed by atoms with Crippen molar-refractivity contribution in [2.24, 2.45) is 0 Å². The van der Waals surface area contributed by atoms with Crippen molar-refractivity contribution in [1.82, 2.24) is 25.3 Å². The summed E-state index contributed by atoms with van der Waals surface area (Å²) in [6, 6.07) is 0.429. The molecule has 0 radical (unpaired) electrons. The lowest BCUT2D eigenvalue weighted by Crippen LogP contribution is -2.30. The Balaban J connectivity index is 2.23. The Morgan fingerprint density at radius 1 is 1.31 bits per heavy atom. The molecular formula is C10H15N5S. The van der Waals surface area contributed by atoms with Gasteiger partial charge in [-0.3, -0.25) is 0 Å². The van der Waals surface area contributed by atoms with Crippen molar-refractivity contribution >= 4 is 22.9 Å². The van der Waals surface area contributed by atoms with E-state index >= 15 is 0 Å². The lowest BCUT2D eigenvalue weighted by molar-refractivity contribution is 0.605. The molecule has 6 heteroatoms. The average molecular weight is 237 g/mol. The highest BCUT2D eigenvalue weighted by Crippen LogP contribution is 2.27. The minimum atomic E-state index is 0.429. The smallest absolute Gasteiger partial charge is 0.181 e. The fraction of sp³-hybridized carbons (Fsp3) is 0.500. The molecule has 5 nitrogen and oxygen atoms in total. The van der Waals surface area contributed by atoms with Crippen LogP contribution >= 0.6 is 11.8 Å². The van der Waals surface area contributed by atoms with E-state index in [0.717, 1.165) is 16.2 Å². The second kappa shape index (κ2) is 4.80. The Morgan fingerprint density at radius 3 is 2.88 bits per heavy atom. The summed E-state index contributed by atoms with van der Waals surface area (Å²) in [5, 5.41) is 4.63. The second-order valence-corrected chi connectivity index (χ2v) is 5.05. The molecule has 2 atom stereocenters. The molecule has 0 amide bonds. The van der Waals surface area contributed by atoms with Gasteiger partial charge in [-0.25, -0.2) is 15.0 Å². The van der Waals surface area contributed by atoms with Crippen LogP contribution in [0.25, 0.3) is 11.2 Å². The third-order valence-electron chi connectivity index (χ3n) is 2.65. The zero-order valence-electron chi connectivity index (χ0n) is 9.56. The number of thioether (sulfide) groups is 1. The van der Waals surface area contributed by atoms with Gasteiger partial charge in [0.05, 0.1) is 6.33 Å². The zero-order valence-corrected chi connectivity index (χ0v) is 10.4. The average Bonchev–Trinajstić information content (AvgIpc) is 2.77. The highest BCUT2D eigenvalue weighted by Gasteiger charge is 2.15. The lowest BCUT2D eigenvalue weighted by Gasteiger charge is -2.17. The van der Waals surface area contributed by atoms with E-state index in [1.165, 1.54) is 0 Å². The highest BCUT2D eigenvalue weighted by atomic mass is 32.2. The number of imidazole rings is 1. The van der Waals surface area contributed by atoms with Gasteiger partial charge >= 0.3 is 0 Å². The Hall–Kier alpha value is -1.14. The van der Waals surface area contributed by atoms with Gasteiger partial charge in [-0.05, 0) is 14.0 Å². The normalized spacial score (nSPS) is 15.2. The van der Waals surface area contributed by atoms with Crippen molar-refractivity contribution < 1.29 is 0 Å². The van der Waals surface area contributed by atoms with Crippen molar-refractivity contribution in [3.8, 4) is 0 Å². The molecule has 86 valence electrons. The van der Waals surface area contributed by atoms with Crippen LogP contribution in [0.15, 0.2) is 17.7 Å². The van der Waals surface area contributed by atoms with Crippen LogP contribution in [0, 0.1) is 0 Å². The maximum Gasteiger partial charge on any atom is 0.181 e. The van der Waals surface area contributed by atoms with Crippen LogP contribution in [-0.4, -0.2) is 38.3 Å². The molecule has 0 fully saturated rings. The fourth-order valence-corrected chi connectivity index (χ4v) is 2.41. The van der Waals surface area contributed by atoms with Gasteiger partial charge in [0.15, 0.2) is 5.65 Å². The van der Waals surface area contributed by atoms with Crippen LogP contribution in [0.5, 0.6) is 0 Å². The van der Waals surface area contributed by atoms with Crippen LogP contribution in [0.3, 0.4) is 0 Å². The van der Waals surface area contributed by atoms with Gasteiger partial charge in [-0.2, -0.15) is 0 Å². The number of nitrogens with zero attached hydrogens (tertiary/aromatic N) is 3. The number of rotatable bonds is 4. The van der Waals surface area contributed by atoms with Gasteiger partial charge in [-0.1, -0.05) is 18.7 Å². The van der Waals surface area contributed by atoms with E-state index in [9.17, 15) is 0 Å². The number of fused-ring (bicyclic) bond motifs is 1. The van der Waals surface area contributed by atoms with Crippen LogP contribution in [0.2, 0.25) is 0 Å². The number of hydrogen-bond acceptors (Lipinski definition) is 5. The van der Waals surface area contributed by atoms with Crippen molar-refractivity contribution in [2.45, 2.75) is 30.2 Å². The first-order valence-corrected chi connectivity index (χ1v) is 6.08. The van der Waals surface area contributed by atoms with Gasteiger partial charge in [-0.15, -0.1) is 0 Å². The highest BCUT2D eigenvalue weighted by molar-refractivity contribution is 8.00. The summed E-state index contributed by atoms with van der Waals surface area (Å²) < 4.78 is 0. The number of aromatic nitrogens is 4. The molecule has 0 saturated carbocycles. The van der Waals surface area contributed by atoms with E-state index in [-0.39, 0.29) is 0 Å². The van der Waals surface area contributed by atoms with Gasteiger partial charge in [0.1, 0.15) is 16.9 Å². The number of nitrogens with one attached hydrogen (secondary N) is 2. The summed E-state index contributed by atoms with van der Waals surface area (Å²) >= 11 is 1.73.